The number of likely N-dealkylation sites (N-methyl/N-ethyl adjacent to an activating group) is 1. The molecule has 1 aliphatic heterocycles. The Bertz CT molecular complexity index is 952. The molecule has 3 aromatic rings. The number of nitrogens with zero attached hydrogens (tertiary/aromatic N) is 3. The van der Waals surface area contributed by atoms with Crippen molar-refractivity contribution in [1.82, 2.24) is 14.9 Å². The van der Waals surface area contributed by atoms with Gasteiger partial charge in [0.25, 0.3) is 5.91 Å². The largest absolute Gasteiger partial charge is 0.354 e. The summed E-state index contributed by atoms with van der Waals surface area (Å²) in [5.41, 5.74) is 1.84. The number of piperazine rings is 1. The zero-order chi connectivity index (χ0) is 19.0. The minimum Gasteiger partial charge on any atom is -0.354 e. The molecule has 1 saturated heterocycles. The summed E-state index contributed by atoms with van der Waals surface area (Å²) in [4.78, 5) is 24.7. The Hall–Kier alpha value is -2.93. The lowest BCUT2D eigenvalue weighted by atomic mass is 10.1. The molecular formula is C20H22FN5O. The van der Waals surface area contributed by atoms with Crippen molar-refractivity contribution in [3.63, 3.8) is 0 Å². The van der Waals surface area contributed by atoms with E-state index in [-0.39, 0.29) is 11.7 Å². The lowest BCUT2D eigenvalue weighted by Gasteiger charge is -2.33. The molecule has 0 saturated carbocycles. The quantitative estimate of drug-likeness (QED) is 0.747. The second-order valence-corrected chi connectivity index (χ2v) is 6.96. The van der Waals surface area contributed by atoms with Crippen LogP contribution in [0.2, 0.25) is 0 Å². The van der Waals surface area contributed by atoms with Gasteiger partial charge in [-0.3, -0.25) is 4.79 Å². The third-order valence-electron chi connectivity index (χ3n) is 5.00. The van der Waals surface area contributed by atoms with Gasteiger partial charge in [-0.25, -0.2) is 9.37 Å². The van der Waals surface area contributed by atoms with Gasteiger partial charge in [0.05, 0.1) is 5.52 Å². The van der Waals surface area contributed by atoms with E-state index in [0.717, 1.165) is 37.6 Å². The summed E-state index contributed by atoms with van der Waals surface area (Å²) >= 11 is 0. The van der Waals surface area contributed by atoms with Crippen molar-refractivity contribution >= 4 is 28.4 Å². The van der Waals surface area contributed by atoms with Crippen LogP contribution < -0.4 is 10.2 Å². The predicted octanol–water partition coefficient (Wildman–Crippen LogP) is 3.01. The van der Waals surface area contributed by atoms with E-state index in [1.807, 2.05) is 19.1 Å². The molecule has 1 fully saturated rings. The zero-order valence-corrected chi connectivity index (χ0v) is 15.4. The van der Waals surface area contributed by atoms with Crippen LogP contribution in [0.3, 0.4) is 0 Å². The SMILES string of the molecule is Cc1ccc(F)c2cc(C(=O)Nc3cccc(N4CCN(C)CC4)n3)[nH]c12. The van der Waals surface area contributed by atoms with Crippen LogP contribution in [0.15, 0.2) is 36.4 Å². The molecule has 1 aromatic carbocycles. The lowest BCUT2D eigenvalue weighted by Crippen LogP contribution is -2.44. The van der Waals surface area contributed by atoms with Gasteiger partial charge < -0.3 is 20.1 Å². The first-order chi connectivity index (χ1) is 13.0. The molecule has 140 valence electrons. The number of anilines is 2. The summed E-state index contributed by atoms with van der Waals surface area (Å²) < 4.78 is 14.0. The summed E-state index contributed by atoms with van der Waals surface area (Å²) in [7, 11) is 2.10. The molecule has 0 spiro atoms. The molecule has 0 aliphatic carbocycles. The van der Waals surface area contributed by atoms with Crippen LogP contribution in [-0.4, -0.2) is 54.0 Å². The van der Waals surface area contributed by atoms with Crippen molar-refractivity contribution in [2.24, 2.45) is 0 Å². The molecule has 0 atom stereocenters. The van der Waals surface area contributed by atoms with Gasteiger partial charge in [0.15, 0.2) is 0 Å². The van der Waals surface area contributed by atoms with Gasteiger partial charge >= 0.3 is 0 Å². The number of aromatic nitrogens is 2. The maximum Gasteiger partial charge on any atom is 0.273 e. The van der Waals surface area contributed by atoms with Gasteiger partial charge in [0.1, 0.15) is 23.1 Å². The number of carbonyl (C=O) groups excluding carboxylic acids is 1. The predicted molar refractivity (Wildman–Crippen MR) is 105 cm³/mol. The maximum atomic E-state index is 14.0. The minimum atomic E-state index is -0.346. The molecule has 3 heterocycles. The number of halogens is 1. The van der Waals surface area contributed by atoms with E-state index in [9.17, 15) is 9.18 Å². The number of amides is 1. The standard InChI is InChI=1S/C20H22FN5O/c1-13-6-7-15(21)14-12-16(22-19(13)14)20(27)24-17-4-3-5-18(23-17)26-10-8-25(2)9-11-26/h3-7,12,22H,8-11H2,1-2H3,(H,23,24,27). The fourth-order valence-electron chi connectivity index (χ4n) is 3.34. The molecule has 6 nitrogen and oxygen atoms in total. The van der Waals surface area contributed by atoms with Crippen LogP contribution in [-0.2, 0) is 0 Å². The van der Waals surface area contributed by atoms with Crippen molar-refractivity contribution in [3.05, 3.63) is 53.5 Å². The molecule has 0 bridgehead atoms. The number of nitrogens with one attached hydrogen (secondary N) is 2. The minimum absolute atomic E-state index is 0.310. The first-order valence-electron chi connectivity index (χ1n) is 9.01. The van der Waals surface area contributed by atoms with E-state index in [1.54, 1.807) is 12.1 Å². The summed E-state index contributed by atoms with van der Waals surface area (Å²) in [6, 6.07) is 10.2. The average Bonchev–Trinajstić information content (AvgIpc) is 3.13. The number of hydrogen-bond donors (Lipinski definition) is 2. The van der Waals surface area contributed by atoms with Crippen molar-refractivity contribution in [1.29, 1.82) is 0 Å². The Morgan fingerprint density at radius 1 is 1.19 bits per heavy atom. The monoisotopic (exact) mass is 367 g/mol. The van der Waals surface area contributed by atoms with Gasteiger partial charge in [-0.05, 0) is 43.8 Å². The Balaban J connectivity index is 1.54. The Morgan fingerprint density at radius 2 is 1.96 bits per heavy atom. The van der Waals surface area contributed by atoms with Crippen LogP contribution in [0.1, 0.15) is 16.1 Å². The number of aryl methyl sites for hydroxylation is 1. The van der Waals surface area contributed by atoms with Crippen LogP contribution in [0, 0.1) is 12.7 Å². The van der Waals surface area contributed by atoms with E-state index >= 15 is 0 Å². The third-order valence-corrected chi connectivity index (χ3v) is 5.00. The fourth-order valence-corrected chi connectivity index (χ4v) is 3.34. The molecule has 0 radical (unpaired) electrons. The van der Waals surface area contributed by atoms with E-state index in [1.165, 1.54) is 12.1 Å². The van der Waals surface area contributed by atoms with Gasteiger partial charge in [-0.15, -0.1) is 0 Å². The van der Waals surface area contributed by atoms with Crippen LogP contribution in [0.4, 0.5) is 16.0 Å². The van der Waals surface area contributed by atoms with Crippen molar-refractivity contribution < 1.29 is 9.18 Å². The molecule has 1 amide bonds. The average molecular weight is 367 g/mol. The second-order valence-electron chi connectivity index (χ2n) is 6.96. The first kappa shape index (κ1) is 17.5. The number of rotatable bonds is 3. The number of hydrogen-bond acceptors (Lipinski definition) is 4. The highest BCUT2D eigenvalue weighted by atomic mass is 19.1. The molecule has 4 rings (SSSR count). The first-order valence-corrected chi connectivity index (χ1v) is 9.01. The highest BCUT2D eigenvalue weighted by molar-refractivity contribution is 6.05. The van der Waals surface area contributed by atoms with E-state index in [4.69, 9.17) is 0 Å². The summed E-state index contributed by atoms with van der Waals surface area (Å²) in [5.74, 6) is 0.640. The van der Waals surface area contributed by atoms with Crippen LogP contribution >= 0.6 is 0 Å². The topological polar surface area (TPSA) is 64.3 Å². The Morgan fingerprint density at radius 3 is 2.70 bits per heavy atom. The number of pyridine rings is 1. The van der Waals surface area contributed by atoms with Gasteiger partial charge in [0.2, 0.25) is 0 Å². The van der Waals surface area contributed by atoms with Crippen molar-refractivity contribution in [3.8, 4) is 0 Å². The zero-order valence-electron chi connectivity index (χ0n) is 15.4. The number of fused-ring (bicyclic) bond motifs is 1. The third kappa shape index (κ3) is 3.50. The summed E-state index contributed by atoms with van der Waals surface area (Å²) in [6.45, 7) is 5.65. The number of aromatic amines is 1. The van der Waals surface area contributed by atoms with E-state index < -0.39 is 0 Å². The second kappa shape index (κ2) is 7.00. The van der Waals surface area contributed by atoms with E-state index in [0.29, 0.717) is 22.4 Å². The molecule has 1 aliphatic rings. The molecule has 0 unspecified atom stereocenters. The van der Waals surface area contributed by atoms with Crippen molar-refractivity contribution in [2.45, 2.75) is 6.92 Å². The number of carbonyl (C=O) groups is 1. The molecule has 27 heavy (non-hydrogen) atoms. The summed E-state index contributed by atoms with van der Waals surface area (Å²) in [5, 5.41) is 3.22. The van der Waals surface area contributed by atoms with E-state index in [2.05, 4.69) is 32.1 Å². The highest BCUT2D eigenvalue weighted by Crippen LogP contribution is 2.23. The molecular weight excluding hydrogens is 345 g/mol. The van der Waals surface area contributed by atoms with Crippen molar-refractivity contribution in [2.75, 3.05) is 43.4 Å². The van der Waals surface area contributed by atoms with Gasteiger partial charge in [-0.1, -0.05) is 12.1 Å². The summed E-state index contributed by atoms with van der Waals surface area (Å²) in [6.07, 6.45) is 0. The Labute approximate surface area is 157 Å². The lowest BCUT2D eigenvalue weighted by molar-refractivity contribution is 0.102. The fraction of sp³-hybridized carbons (Fsp3) is 0.300. The molecule has 7 heteroatoms. The van der Waals surface area contributed by atoms with Crippen LogP contribution in [0.5, 0.6) is 0 Å². The smallest absolute Gasteiger partial charge is 0.273 e. The molecule has 2 aromatic heterocycles. The molecule has 2 N–H and O–H groups in total. The normalized spacial score (nSPS) is 15.3. The van der Waals surface area contributed by atoms with Crippen LogP contribution in [0.25, 0.3) is 10.9 Å². The van der Waals surface area contributed by atoms with Gasteiger partial charge in [-0.2, -0.15) is 0 Å². The van der Waals surface area contributed by atoms with Gasteiger partial charge in [0, 0.05) is 31.6 Å². The number of benzene rings is 1. The Kier molecular flexibility index (Phi) is 4.53. The highest BCUT2D eigenvalue weighted by Gasteiger charge is 2.17. The maximum absolute atomic E-state index is 14.0. The number of H-pyrrole nitrogens is 1.